The van der Waals surface area contributed by atoms with Gasteiger partial charge in [0, 0.05) is 25.7 Å². The molecule has 30 heavy (non-hydrogen) atoms. The molecule has 2 heterocycles. The standard InChI is InChI=1S/C21H29ClN6O2/c1-14(17-5-4-6-19(20(17)22)30-10-9-26(2)3)27-11-15(12-27)23-21(29)18-13-28(25-24-18)16-7-8-16/h4-6,13-16H,7-12H2,1-3H3,(H,23,29). The molecule has 4 rings (SSSR count). The lowest BCUT2D eigenvalue weighted by Gasteiger charge is -2.43. The predicted molar refractivity (Wildman–Crippen MR) is 115 cm³/mol. The topological polar surface area (TPSA) is 75.5 Å². The van der Waals surface area contributed by atoms with Crippen LogP contribution in [0.1, 0.15) is 47.9 Å². The zero-order chi connectivity index (χ0) is 21.3. The summed E-state index contributed by atoms with van der Waals surface area (Å²) in [7, 11) is 4.02. The third-order valence-electron chi connectivity index (χ3n) is 5.70. The number of likely N-dealkylation sites (N-methyl/N-ethyl adjacent to an activating group) is 1. The molecule has 9 heteroatoms. The zero-order valence-electron chi connectivity index (χ0n) is 17.7. The van der Waals surface area contributed by atoms with Crippen LogP contribution < -0.4 is 10.1 Å². The summed E-state index contributed by atoms with van der Waals surface area (Å²) in [5, 5.41) is 11.8. The number of hydrogen-bond acceptors (Lipinski definition) is 6. The molecule has 2 aliphatic rings. The molecule has 1 aliphatic carbocycles. The average molecular weight is 433 g/mol. The Morgan fingerprint density at radius 3 is 2.83 bits per heavy atom. The third kappa shape index (κ3) is 4.77. The van der Waals surface area contributed by atoms with Gasteiger partial charge in [-0.3, -0.25) is 9.69 Å². The Balaban J connectivity index is 1.29. The number of nitrogens with zero attached hydrogens (tertiary/aromatic N) is 5. The minimum absolute atomic E-state index is 0.101. The van der Waals surface area contributed by atoms with E-state index in [0.717, 1.165) is 38.0 Å². The molecule has 1 aromatic heterocycles. The number of aromatic nitrogens is 3. The maximum atomic E-state index is 12.4. The van der Waals surface area contributed by atoms with E-state index in [1.807, 2.05) is 32.3 Å². The Kier molecular flexibility index (Phi) is 6.26. The van der Waals surface area contributed by atoms with Crippen LogP contribution in [0.4, 0.5) is 0 Å². The van der Waals surface area contributed by atoms with Crippen molar-refractivity contribution in [3.8, 4) is 5.75 Å². The van der Waals surface area contributed by atoms with Crippen molar-refractivity contribution in [2.75, 3.05) is 40.3 Å². The van der Waals surface area contributed by atoms with Crippen molar-refractivity contribution in [1.82, 2.24) is 30.1 Å². The van der Waals surface area contributed by atoms with Gasteiger partial charge in [0.15, 0.2) is 5.69 Å². The molecule has 1 amide bonds. The van der Waals surface area contributed by atoms with Crippen molar-refractivity contribution in [3.63, 3.8) is 0 Å². The fourth-order valence-electron chi connectivity index (χ4n) is 3.57. The number of halogens is 1. The van der Waals surface area contributed by atoms with E-state index in [9.17, 15) is 4.79 Å². The second kappa shape index (κ2) is 8.91. The van der Waals surface area contributed by atoms with Crippen molar-refractivity contribution in [2.24, 2.45) is 0 Å². The first-order valence-corrected chi connectivity index (χ1v) is 10.8. The second-order valence-corrected chi connectivity index (χ2v) is 8.80. The third-order valence-corrected chi connectivity index (χ3v) is 6.10. The van der Waals surface area contributed by atoms with Crippen LogP contribution in [-0.2, 0) is 0 Å². The molecule has 162 valence electrons. The van der Waals surface area contributed by atoms with Crippen LogP contribution in [0.3, 0.4) is 0 Å². The van der Waals surface area contributed by atoms with Crippen molar-refractivity contribution in [2.45, 2.75) is 37.9 Å². The van der Waals surface area contributed by atoms with E-state index in [0.29, 0.717) is 29.1 Å². The van der Waals surface area contributed by atoms with Gasteiger partial charge in [-0.05, 0) is 45.5 Å². The van der Waals surface area contributed by atoms with Crippen molar-refractivity contribution >= 4 is 17.5 Å². The molecule has 8 nitrogen and oxygen atoms in total. The largest absolute Gasteiger partial charge is 0.491 e. The van der Waals surface area contributed by atoms with Gasteiger partial charge in [0.2, 0.25) is 0 Å². The minimum Gasteiger partial charge on any atom is -0.491 e. The first-order valence-electron chi connectivity index (χ1n) is 10.4. The number of rotatable bonds is 9. The highest BCUT2D eigenvalue weighted by atomic mass is 35.5. The number of carbonyl (C=O) groups is 1. The highest BCUT2D eigenvalue weighted by Crippen LogP contribution is 2.36. The van der Waals surface area contributed by atoms with Gasteiger partial charge in [-0.15, -0.1) is 5.10 Å². The number of benzene rings is 1. The second-order valence-electron chi connectivity index (χ2n) is 8.43. The van der Waals surface area contributed by atoms with E-state index >= 15 is 0 Å². The Morgan fingerprint density at radius 1 is 1.37 bits per heavy atom. The van der Waals surface area contributed by atoms with Crippen LogP contribution in [-0.4, -0.2) is 77.1 Å². The van der Waals surface area contributed by atoms with Gasteiger partial charge < -0.3 is 15.0 Å². The number of hydrogen-bond donors (Lipinski definition) is 1. The number of ether oxygens (including phenoxy) is 1. The maximum Gasteiger partial charge on any atom is 0.273 e. The van der Waals surface area contributed by atoms with Gasteiger partial charge in [0.1, 0.15) is 12.4 Å². The molecular weight excluding hydrogens is 404 g/mol. The van der Waals surface area contributed by atoms with E-state index in [1.54, 1.807) is 10.9 Å². The Hall–Kier alpha value is -2.16. The van der Waals surface area contributed by atoms with Crippen molar-refractivity contribution in [3.05, 3.63) is 40.7 Å². The first kappa shape index (κ1) is 21.1. The molecule has 1 saturated heterocycles. The van der Waals surface area contributed by atoms with Crippen molar-refractivity contribution in [1.29, 1.82) is 0 Å². The monoisotopic (exact) mass is 432 g/mol. The summed E-state index contributed by atoms with van der Waals surface area (Å²) < 4.78 is 7.64. The normalized spacial score (nSPS) is 18.3. The summed E-state index contributed by atoms with van der Waals surface area (Å²) >= 11 is 6.63. The Bertz CT molecular complexity index is 891. The van der Waals surface area contributed by atoms with Gasteiger partial charge in [0.25, 0.3) is 5.91 Å². The van der Waals surface area contributed by atoms with Gasteiger partial charge >= 0.3 is 0 Å². The SMILES string of the molecule is CC(c1cccc(OCCN(C)C)c1Cl)N1CC(NC(=O)c2cn(C3CC3)nn2)C1. The van der Waals surface area contributed by atoms with E-state index in [-0.39, 0.29) is 18.0 Å². The van der Waals surface area contributed by atoms with E-state index in [4.69, 9.17) is 16.3 Å². The maximum absolute atomic E-state index is 12.4. The zero-order valence-corrected chi connectivity index (χ0v) is 18.5. The van der Waals surface area contributed by atoms with Crippen LogP contribution in [0.2, 0.25) is 5.02 Å². The molecule has 1 saturated carbocycles. The summed E-state index contributed by atoms with van der Waals surface area (Å²) in [6.45, 7) is 5.09. The number of amides is 1. The molecule has 0 bridgehead atoms. The summed E-state index contributed by atoms with van der Waals surface area (Å²) in [6, 6.07) is 6.58. The number of nitrogens with one attached hydrogen (secondary N) is 1. The van der Waals surface area contributed by atoms with Gasteiger partial charge in [-0.1, -0.05) is 28.9 Å². The molecule has 2 aromatic rings. The molecule has 1 aliphatic heterocycles. The van der Waals surface area contributed by atoms with Crippen LogP contribution in [0.25, 0.3) is 0 Å². The van der Waals surface area contributed by atoms with Gasteiger partial charge in [0.05, 0.1) is 23.3 Å². The quantitative estimate of drug-likeness (QED) is 0.655. The molecule has 2 fully saturated rings. The Labute approximate surface area is 182 Å². The molecule has 0 radical (unpaired) electrons. The summed E-state index contributed by atoms with van der Waals surface area (Å²) in [5.41, 5.74) is 1.43. The highest BCUT2D eigenvalue weighted by Gasteiger charge is 2.34. The smallest absolute Gasteiger partial charge is 0.273 e. The first-order chi connectivity index (χ1) is 14.4. The fourth-order valence-corrected chi connectivity index (χ4v) is 3.91. The molecule has 1 unspecified atom stereocenters. The summed E-state index contributed by atoms with van der Waals surface area (Å²) in [4.78, 5) is 16.8. The van der Waals surface area contributed by atoms with Crippen LogP contribution >= 0.6 is 11.6 Å². The number of likely N-dealkylation sites (tertiary alicyclic amines) is 1. The fraction of sp³-hybridized carbons (Fsp3) is 0.571. The highest BCUT2D eigenvalue weighted by molar-refractivity contribution is 6.32. The van der Waals surface area contributed by atoms with Crippen molar-refractivity contribution < 1.29 is 9.53 Å². The average Bonchev–Trinajstić information content (AvgIpc) is 3.41. The Morgan fingerprint density at radius 2 is 2.13 bits per heavy atom. The van der Waals surface area contributed by atoms with Crippen LogP contribution in [0.5, 0.6) is 5.75 Å². The predicted octanol–water partition coefficient (Wildman–Crippen LogP) is 2.38. The van der Waals surface area contributed by atoms with Gasteiger partial charge in [-0.2, -0.15) is 0 Å². The molecule has 0 spiro atoms. The van der Waals surface area contributed by atoms with Gasteiger partial charge in [-0.25, -0.2) is 4.68 Å². The van der Waals surface area contributed by atoms with Crippen LogP contribution in [0.15, 0.2) is 24.4 Å². The summed E-state index contributed by atoms with van der Waals surface area (Å²) in [6.07, 6.45) is 3.97. The molecule has 1 N–H and O–H groups in total. The molecule has 1 atom stereocenters. The molecule has 1 aromatic carbocycles. The lowest BCUT2D eigenvalue weighted by molar-refractivity contribution is 0.0672. The van der Waals surface area contributed by atoms with E-state index in [1.165, 1.54) is 0 Å². The lowest BCUT2D eigenvalue weighted by atomic mass is 10.00. The molecular formula is C21H29ClN6O2. The van der Waals surface area contributed by atoms with Crippen LogP contribution in [0, 0.1) is 0 Å². The van der Waals surface area contributed by atoms with E-state index in [2.05, 4.69) is 32.4 Å². The van der Waals surface area contributed by atoms with E-state index < -0.39 is 0 Å². The number of carbonyl (C=O) groups excluding carboxylic acids is 1. The minimum atomic E-state index is -0.159. The summed E-state index contributed by atoms with van der Waals surface area (Å²) in [5.74, 6) is 0.556. The lowest BCUT2D eigenvalue weighted by Crippen LogP contribution is -2.59.